The van der Waals surface area contributed by atoms with Crippen molar-refractivity contribution in [1.29, 1.82) is 0 Å². The standard InChI is InChI=1S/C13H18ClNO4S/c1-9-7-11(14)5-6-12(9)20(17,18)15(3)8-10(2)13(16)19-4/h5-7,10H,8H2,1-4H3. The van der Waals surface area contributed by atoms with Gasteiger partial charge in [-0.1, -0.05) is 18.5 Å². The lowest BCUT2D eigenvalue weighted by atomic mass is 10.2. The highest BCUT2D eigenvalue weighted by molar-refractivity contribution is 7.89. The molecule has 0 aliphatic rings. The molecule has 0 radical (unpaired) electrons. The number of carbonyl (C=O) groups excluding carboxylic acids is 1. The van der Waals surface area contributed by atoms with Gasteiger partial charge in [0.25, 0.3) is 0 Å². The van der Waals surface area contributed by atoms with Gasteiger partial charge in [-0.25, -0.2) is 12.7 Å². The van der Waals surface area contributed by atoms with E-state index in [4.69, 9.17) is 11.6 Å². The summed E-state index contributed by atoms with van der Waals surface area (Å²) in [5, 5.41) is 0.479. The lowest BCUT2D eigenvalue weighted by Gasteiger charge is -2.21. The van der Waals surface area contributed by atoms with Crippen LogP contribution in [0.3, 0.4) is 0 Å². The third-order valence-corrected chi connectivity index (χ3v) is 5.18. The molecule has 20 heavy (non-hydrogen) atoms. The SMILES string of the molecule is COC(=O)C(C)CN(C)S(=O)(=O)c1ccc(Cl)cc1C. The maximum absolute atomic E-state index is 12.4. The van der Waals surface area contributed by atoms with E-state index in [1.54, 1.807) is 19.9 Å². The predicted molar refractivity (Wildman–Crippen MR) is 77.2 cm³/mol. The van der Waals surface area contributed by atoms with Gasteiger partial charge in [0, 0.05) is 18.6 Å². The number of carbonyl (C=O) groups is 1. The molecule has 0 aliphatic heterocycles. The molecule has 5 nitrogen and oxygen atoms in total. The first-order valence-electron chi connectivity index (χ1n) is 6.00. The largest absolute Gasteiger partial charge is 0.469 e. The summed E-state index contributed by atoms with van der Waals surface area (Å²) < 4.78 is 30.6. The number of ether oxygens (including phenoxy) is 1. The van der Waals surface area contributed by atoms with Crippen molar-refractivity contribution in [2.45, 2.75) is 18.7 Å². The van der Waals surface area contributed by atoms with Crippen molar-refractivity contribution < 1.29 is 17.9 Å². The number of hydrogen-bond acceptors (Lipinski definition) is 4. The van der Waals surface area contributed by atoms with Crippen LogP contribution in [0, 0.1) is 12.8 Å². The highest BCUT2D eigenvalue weighted by Gasteiger charge is 2.26. The third-order valence-electron chi connectivity index (χ3n) is 2.96. The van der Waals surface area contributed by atoms with Crippen molar-refractivity contribution in [3.05, 3.63) is 28.8 Å². The molecule has 1 unspecified atom stereocenters. The van der Waals surface area contributed by atoms with Gasteiger partial charge in [0.2, 0.25) is 10.0 Å². The number of hydrogen-bond donors (Lipinski definition) is 0. The van der Waals surface area contributed by atoms with Crippen LogP contribution in [0.2, 0.25) is 5.02 Å². The number of halogens is 1. The topological polar surface area (TPSA) is 63.7 Å². The fraction of sp³-hybridized carbons (Fsp3) is 0.462. The first-order valence-corrected chi connectivity index (χ1v) is 7.82. The molecule has 0 saturated carbocycles. The Morgan fingerprint density at radius 3 is 2.55 bits per heavy atom. The minimum atomic E-state index is -3.66. The van der Waals surface area contributed by atoms with Crippen LogP contribution in [0.15, 0.2) is 23.1 Å². The summed E-state index contributed by atoms with van der Waals surface area (Å²) in [6.45, 7) is 3.35. The summed E-state index contributed by atoms with van der Waals surface area (Å²) >= 11 is 5.82. The molecular weight excluding hydrogens is 302 g/mol. The lowest BCUT2D eigenvalue weighted by molar-refractivity contribution is -0.144. The van der Waals surface area contributed by atoms with Gasteiger partial charge in [-0.05, 0) is 30.7 Å². The second-order valence-corrected chi connectivity index (χ2v) is 7.07. The number of aryl methyl sites for hydroxylation is 1. The number of esters is 1. The summed E-state index contributed by atoms with van der Waals surface area (Å²) in [4.78, 5) is 11.5. The minimum absolute atomic E-state index is 0.0527. The van der Waals surface area contributed by atoms with Crippen molar-refractivity contribution >= 4 is 27.6 Å². The molecule has 1 aromatic carbocycles. The summed E-state index contributed by atoms with van der Waals surface area (Å²) in [5.74, 6) is -0.979. The summed E-state index contributed by atoms with van der Waals surface area (Å²) in [6.07, 6.45) is 0. The number of rotatable bonds is 5. The van der Waals surface area contributed by atoms with Gasteiger partial charge in [-0.2, -0.15) is 0 Å². The van der Waals surface area contributed by atoms with E-state index in [0.717, 1.165) is 4.31 Å². The predicted octanol–water partition coefficient (Wildman–Crippen LogP) is 2.08. The van der Waals surface area contributed by atoms with Crippen molar-refractivity contribution in [1.82, 2.24) is 4.31 Å². The Labute approximate surface area is 124 Å². The van der Waals surface area contributed by atoms with Gasteiger partial charge in [0.05, 0.1) is 17.9 Å². The Balaban J connectivity index is 3.01. The van der Waals surface area contributed by atoms with Gasteiger partial charge >= 0.3 is 5.97 Å². The monoisotopic (exact) mass is 319 g/mol. The molecule has 0 aliphatic carbocycles. The van der Waals surface area contributed by atoms with Crippen LogP contribution < -0.4 is 0 Å². The van der Waals surface area contributed by atoms with Crippen LogP contribution in [0.4, 0.5) is 0 Å². The number of methoxy groups -OCH3 is 1. The molecule has 0 heterocycles. The van der Waals surface area contributed by atoms with E-state index < -0.39 is 21.9 Å². The molecule has 112 valence electrons. The van der Waals surface area contributed by atoms with Gasteiger partial charge in [0.15, 0.2) is 0 Å². The van der Waals surface area contributed by atoms with Crippen LogP contribution in [0.5, 0.6) is 0 Å². The summed E-state index contributed by atoms with van der Waals surface area (Å²) in [6, 6.07) is 4.58. The van der Waals surface area contributed by atoms with Crippen LogP contribution in [0.25, 0.3) is 0 Å². The van der Waals surface area contributed by atoms with Crippen LogP contribution in [-0.2, 0) is 19.6 Å². The Hall–Kier alpha value is -1.11. The fourth-order valence-electron chi connectivity index (χ4n) is 1.83. The summed E-state index contributed by atoms with van der Waals surface area (Å²) in [5.41, 5.74) is 0.565. The zero-order valence-corrected chi connectivity index (χ0v) is 13.5. The van der Waals surface area contributed by atoms with Gasteiger partial charge in [-0.15, -0.1) is 0 Å². The Morgan fingerprint density at radius 2 is 2.05 bits per heavy atom. The molecular formula is C13H18ClNO4S. The summed E-state index contributed by atoms with van der Waals surface area (Å²) in [7, 11) is -0.948. The van der Waals surface area contributed by atoms with Gasteiger partial charge < -0.3 is 4.74 Å². The van der Waals surface area contributed by atoms with E-state index in [-0.39, 0.29) is 11.4 Å². The molecule has 0 bridgehead atoms. The van der Waals surface area contributed by atoms with Crippen LogP contribution >= 0.6 is 11.6 Å². The molecule has 1 aromatic rings. The minimum Gasteiger partial charge on any atom is -0.469 e. The zero-order valence-electron chi connectivity index (χ0n) is 11.9. The normalized spacial score (nSPS) is 13.3. The molecule has 0 amide bonds. The molecule has 1 rings (SSSR count). The van der Waals surface area contributed by atoms with Gasteiger partial charge in [0.1, 0.15) is 0 Å². The van der Waals surface area contributed by atoms with Crippen LogP contribution in [-0.4, -0.2) is 39.4 Å². The molecule has 0 N–H and O–H groups in total. The third kappa shape index (κ3) is 3.71. The quantitative estimate of drug-likeness (QED) is 0.779. The van der Waals surface area contributed by atoms with Gasteiger partial charge in [-0.3, -0.25) is 4.79 Å². The fourth-order valence-corrected chi connectivity index (χ4v) is 3.52. The molecule has 0 saturated heterocycles. The Morgan fingerprint density at radius 1 is 1.45 bits per heavy atom. The maximum atomic E-state index is 12.4. The molecule has 7 heteroatoms. The van der Waals surface area contributed by atoms with Crippen molar-refractivity contribution in [2.24, 2.45) is 5.92 Å². The van der Waals surface area contributed by atoms with E-state index in [9.17, 15) is 13.2 Å². The van der Waals surface area contributed by atoms with Crippen molar-refractivity contribution in [3.8, 4) is 0 Å². The van der Waals surface area contributed by atoms with E-state index in [0.29, 0.717) is 10.6 Å². The average molecular weight is 320 g/mol. The first-order chi connectivity index (χ1) is 9.20. The van der Waals surface area contributed by atoms with E-state index in [1.807, 2.05) is 0 Å². The Bertz CT molecular complexity index is 600. The maximum Gasteiger partial charge on any atom is 0.309 e. The first kappa shape index (κ1) is 16.9. The highest BCUT2D eigenvalue weighted by Crippen LogP contribution is 2.22. The lowest BCUT2D eigenvalue weighted by Crippen LogP contribution is -2.34. The molecule has 0 fully saturated rings. The van der Waals surface area contributed by atoms with E-state index >= 15 is 0 Å². The van der Waals surface area contributed by atoms with Crippen molar-refractivity contribution in [3.63, 3.8) is 0 Å². The zero-order chi connectivity index (χ0) is 15.5. The van der Waals surface area contributed by atoms with E-state index in [2.05, 4.69) is 4.74 Å². The molecule has 1 atom stereocenters. The highest BCUT2D eigenvalue weighted by atomic mass is 35.5. The number of sulfonamides is 1. The number of nitrogens with zero attached hydrogens (tertiary/aromatic N) is 1. The van der Waals surface area contributed by atoms with Crippen molar-refractivity contribution in [2.75, 3.05) is 20.7 Å². The molecule has 0 aromatic heterocycles. The second-order valence-electron chi connectivity index (χ2n) is 4.62. The molecule has 0 spiro atoms. The van der Waals surface area contributed by atoms with E-state index in [1.165, 1.54) is 26.3 Å². The second kappa shape index (κ2) is 6.56. The number of benzene rings is 1. The Kier molecular flexibility index (Phi) is 5.56. The van der Waals surface area contributed by atoms with Crippen LogP contribution in [0.1, 0.15) is 12.5 Å². The smallest absolute Gasteiger partial charge is 0.309 e. The average Bonchev–Trinajstić information content (AvgIpc) is 2.36.